The molecule has 2 aromatic carbocycles. The molecule has 1 N–H and O–H groups in total. The molecule has 6 heteroatoms. The molecule has 4 nitrogen and oxygen atoms in total. The molecule has 1 heterocycles. The highest BCUT2D eigenvalue weighted by atomic mass is 19.2. The number of fused-ring (bicyclic) bond motifs is 1. The fourth-order valence-corrected chi connectivity index (χ4v) is 2.30. The van der Waals surface area contributed by atoms with Crippen LogP contribution in [0, 0.1) is 11.6 Å². The van der Waals surface area contributed by atoms with Crippen LogP contribution in [0.5, 0.6) is 5.75 Å². The van der Waals surface area contributed by atoms with Gasteiger partial charge in [-0.2, -0.15) is 0 Å². The van der Waals surface area contributed by atoms with Gasteiger partial charge in [-0.05, 0) is 24.3 Å². The maximum Gasteiger partial charge on any atom is 0.229 e. The highest BCUT2D eigenvalue weighted by Gasteiger charge is 2.14. The van der Waals surface area contributed by atoms with E-state index in [1.165, 1.54) is 18.4 Å². The predicted octanol–water partition coefficient (Wildman–Crippen LogP) is 3.90. The standard InChI is InChI=1S/C17H13F2NO3/c1-22-11-5-6-12-10(9-23-15(12)8-11)7-16(21)20-14-4-2-3-13(18)17(14)19/h2-6,8-9H,7H2,1H3,(H,20,21). The molecule has 0 bridgehead atoms. The lowest BCUT2D eigenvalue weighted by Gasteiger charge is -2.06. The molecule has 118 valence electrons. The van der Waals surface area contributed by atoms with E-state index < -0.39 is 17.5 Å². The molecule has 3 aromatic rings. The van der Waals surface area contributed by atoms with Crippen LogP contribution in [0.4, 0.5) is 14.5 Å². The van der Waals surface area contributed by atoms with Crippen LogP contribution < -0.4 is 10.1 Å². The van der Waals surface area contributed by atoms with Gasteiger partial charge in [-0.15, -0.1) is 0 Å². The molecule has 1 amide bonds. The van der Waals surface area contributed by atoms with Crippen LogP contribution in [0.3, 0.4) is 0 Å². The summed E-state index contributed by atoms with van der Waals surface area (Å²) in [5.41, 5.74) is 1.05. The van der Waals surface area contributed by atoms with Crippen molar-refractivity contribution < 1.29 is 22.7 Å². The van der Waals surface area contributed by atoms with Crippen molar-refractivity contribution in [3.8, 4) is 5.75 Å². The van der Waals surface area contributed by atoms with Crippen molar-refractivity contribution in [1.82, 2.24) is 0 Å². The third-order valence-corrected chi connectivity index (χ3v) is 3.44. The first-order chi connectivity index (χ1) is 11.1. The smallest absolute Gasteiger partial charge is 0.229 e. The van der Waals surface area contributed by atoms with Crippen LogP contribution in [0.25, 0.3) is 11.0 Å². The van der Waals surface area contributed by atoms with Crippen molar-refractivity contribution in [3.05, 3.63) is 59.9 Å². The number of anilines is 1. The van der Waals surface area contributed by atoms with E-state index in [0.717, 1.165) is 11.5 Å². The Balaban J connectivity index is 1.79. The summed E-state index contributed by atoms with van der Waals surface area (Å²) >= 11 is 0. The van der Waals surface area contributed by atoms with Crippen molar-refractivity contribution in [2.45, 2.75) is 6.42 Å². The summed E-state index contributed by atoms with van der Waals surface area (Å²) in [6.07, 6.45) is 1.45. The molecule has 0 aliphatic heterocycles. The first-order valence-corrected chi connectivity index (χ1v) is 6.86. The number of carbonyl (C=O) groups is 1. The molecule has 0 unspecified atom stereocenters. The number of benzene rings is 2. The molecule has 0 aliphatic carbocycles. The molecule has 3 rings (SSSR count). The van der Waals surface area contributed by atoms with Crippen molar-refractivity contribution >= 4 is 22.6 Å². The SMILES string of the molecule is COc1ccc2c(CC(=O)Nc3cccc(F)c3F)coc2c1. The molecule has 0 radical (unpaired) electrons. The van der Waals surface area contributed by atoms with Gasteiger partial charge >= 0.3 is 0 Å². The Morgan fingerprint density at radius 2 is 2.09 bits per heavy atom. The molecular formula is C17H13F2NO3. The number of amides is 1. The Kier molecular flexibility index (Phi) is 3.97. The topological polar surface area (TPSA) is 51.5 Å². The predicted molar refractivity (Wildman–Crippen MR) is 81.5 cm³/mol. The van der Waals surface area contributed by atoms with E-state index in [4.69, 9.17) is 9.15 Å². The van der Waals surface area contributed by atoms with Gasteiger partial charge in [-0.3, -0.25) is 4.79 Å². The molecule has 1 aromatic heterocycles. The number of carbonyl (C=O) groups excluding carboxylic acids is 1. The average molecular weight is 317 g/mol. The number of methoxy groups -OCH3 is 1. The summed E-state index contributed by atoms with van der Waals surface area (Å²) in [7, 11) is 1.55. The fourth-order valence-electron chi connectivity index (χ4n) is 2.30. The number of nitrogens with one attached hydrogen (secondary N) is 1. The van der Waals surface area contributed by atoms with Crippen LogP contribution in [0.2, 0.25) is 0 Å². The number of furan rings is 1. The summed E-state index contributed by atoms with van der Waals surface area (Å²) in [6.45, 7) is 0. The molecule has 0 aliphatic rings. The zero-order valence-corrected chi connectivity index (χ0v) is 12.2. The summed E-state index contributed by atoms with van der Waals surface area (Å²) < 4.78 is 37.2. The lowest BCUT2D eigenvalue weighted by Crippen LogP contribution is -2.15. The van der Waals surface area contributed by atoms with Gasteiger partial charge in [0, 0.05) is 17.0 Å². The van der Waals surface area contributed by atoms with E-state index in [2.05, 4.69) is 5.32 Å². The van der Waals surface area contributed by atoms with Gasteiger partial charge in [0.1, 0.15) is 11.3 Å². The Morgan fingerprint density at radius 1 is 1.26 bits per heavy atom. The summed E-state index contributed by atoms with van der Waals surface area (Å²) in [5, 5.41) is 3.12. The first kappa shape index (κ1) is 15.0. The van der Waals surface area contributed by atoms with Gasteiger partial charge in [0.05, 0.1) is 25.5 Å². The monoisotopic (exact) mass is 317 g/mol. The summed E-state index contributed by atoms with van der Waals surface area (Å²) in [6, 6.07) is 8.86. The first-order valence-electron chi connectivity index (χ1n) is 6.86. The number of ether oxygens (including phenoxy) is 1. The molecule has 0 fully saturated rings. The highest BCUT2D eigenvalue weighted by Crippen LogP contribution is 2.26. The van der Waals surface area contributed by atoms with Gasteiger partial charge in [0.2, 0.25) is 5.91 Å². The van der Waals surface area contributed by atoms with Crippen LogP contribution in [-0.4, -0.2) is 13.0 Å². The Morgan fingerprint density at radius 3 is 2.87 bits per heavy atom. The van der Waals surface area contributed by atoms with Crippen molar-refractivity contribution in [2.24, 2.45) is 0 Å². The van der Waals surface area contributed by atoms with Crippen LogP contribution >= 0.6 is 0 Å². The third kappa shape index (κ3) is 3.01. The summed E-state index contributed by atoms with van der Waals surface area (Å²) in [5.74, 6) is -1.91. The maximum absolute atomic E-state index is 13.6. The van der Waals surface area contributed by atoms with E-state index in [1.54, 1.807) is 25.3 Å². The highest BCUT2D eigenvalue weighted by molar-refractivity contribution is 5.95. The maximum atomic E-state index is 13.6. The van der Waals surface area contributed by atoms with Gasteiger partial charge < -0.3 is 14.5 Å². The van der Waals surface area contributed by atoms with Gasteiger partial charge in [-0.25, -0.2) is 8.78 Å². The summed E-state index contributed by atoms with van der Waals surface area (Å²) in [4.78, 5) is 12.0. The lowest BCUT2D eigenvalue weighted by atomic mass is 10.1. The molecule has 0 saturated carbocycles. The van der Waals surface area contributed by atoms with Crippen molar-refractivity contribution in [3.63, 3.8) is 0 Å². The van der Waals surface area contributed by atoms with E-state index in [-0.39, 0.29) is 12.1 Å². The van der Waals surface area contributed by atoms with E-state index >= 15 is 0 Å². The molecule has 0 saturated heterocycles. The second-order valence-electron chi connectivity index (χ2n) is 4.95. The minimum absolute atomic E-state index is 0.0186. The van der Waals surface area contributed by atoms with E-state index in [9.17, 15) is 13.6 Å². The third-order valence-electron chi connectivity index (χ3n) is 3.44. The lowest BCUT2D eigenvalue weighted by molar-refractivity contribution is -0.115. The zero-order valence-electron chi connectivity index (χ0n) is 12.2. The van der Waals surface area contributed by atoms with Crippen LogP contribution in [0.1, 0.15) is 5.56 Å². The molecule has 23 heavy (non-hydrogen) atoms. The Bertz CT molecular complexity index is 873. The number of rotatable bonds is 4. The second-order valence-corrected chi connectivity index (χ2v) is 4.95. The minimum Gasteiger partial charge on any atom is -0.497 e. The van der Waals surface area contributed by atoms with Gasteiger partial charge in [-0.1, -0.05) is 6.07 Å². The zero-order chi connectivity index (χ0) is 16.4. The molecule has 0 spiro atoms. The van der Waals surface area contributed by atoms with Crippen molar-refractivity contribution in [1.29, 1.82) is 0 Å². The van der Waals surface area contributed by atoms with E-state index in [0.29, 0.717) is 16.9 Å². The largest absolute Gasteiger partial charge is 0.497 e. The average Bonchev–Trinajstić information content (AvgIpc) is 2.94. The molecular weight excluding hydrogens is 304 g/mol. The fraction of sp³-hybridized carbons (Fsp3) is 0.118. The van der Waals surface area contributed by atoms with Crippen molar-refractivity contribution in [2.75, 3.05) is 12.4 Å². The number of halogens is 2. The van der Waals surface area contributed by atoms with Gasteiger partial charge in [0.15, 0.2) is 11.6 Å². The quantitative estimate of drug-likeness (QED) is 0.794. The Labute approximate surface area is 130 Å². The van der Waals surface area contributed by atoms with E-state index in [1.807, 2.05) is 0 Å². The number of hydrogen-bond acceptors (Lipinski definition) is 3. The van der Waals surface area contributed by atoms with Gasteiger partial charge in [0.25, 0.3) is 0 Å². The number of hydrogen-bond donors (Lipinski definition) is 1. The molecule has 0 atom stereocenters. The Hall–Kier alpha value is -2.89. The van der Waals surface area contributed by atoms with Crippen LogP contribution in [0.15, 0.2) is 47.1 Å². The van der Waals surface area contributed by atoms with Crippen LogP contribution in [-0.2, 0) is 11.2 Å². The second kappa shape index (κ2) is 6.08. The minimum atomic E-state index is -1.08. The normalized spacial score (nSPS) is 10.7.